The van der Waals surface area contributed by atoms with Gasteiger partial charge in [0.05, 0.1) is 0 Å². The number of allylic oxidation sites excluding steroid dienone is 1. The summed E-state index contributed by atoms with van der Waals surface area (Å²) in [6.45, 7) is 1.61. The molecule has 1 aliphatic rings. The molecule has 0 aromatic heterocycles. The van der Waals surface area contributed by atoms with Crippen LogP contribution >= 0.6 is 0 Å². The molecule has 0 aliphatic carbocycles. The van der Waals surface area contributed by atoms with E-state index in [0.717, 1.165) is 6.08 Å². The number of urea groups is 1. The largest absolute Gasteiger partial charge is 0.478 e. The van der Waals surface area contributed by atoms with Crippen molar-refractivity contribution in [1.82, 2.24) is 10.6 Å². The summed E-state index contributed by atoms with van der Waals surface area (Å²) < 4.78 is 0. The smallest absolute Gasteiger partial charge is 0.328 e. The Morgan fingerprint density at radius 1 is 1.29 bits per heavy atom. The SMILES string of the molecule is CCC1(CC=CC(=O)O)C(=O)NC(=O)NC1=O. The van der Waals surface area contributed by atoms with Crippen LogP contribution in [0.1, 0.15) is 19.8 Å². The van der Waals surface area contributed by atoms with Crippen molar-refractivity contribution in [3.05, 3.63) is 12.2 Å². The molecular formula is C10H12N2O5. The Morgan fingerprint density at radius 3 is 2.24 bits per heavy atom. The molecule has 0 aromatic rings. The lowest BCUT2D eigenvalue weighted by Crippen LogP contribution is -2.62. The van der Waals surface area contributed by atoms with Crippen LogP contribution in [-0.4, -0.2) is 28.9 Å². The lowest BCUT2D eigenvalue weighted by molar-refractivity contribution is -0.144. The Kier molecular flexibility index (Phi) is 3.62. The van der Waals surface area contributed by atoms with Crippen LogP contribution in [0.15, 0.2) is 12.2 Å². The molecule has 0 radical (unpaired) electrons. The number of amides is 4. The van der Waals surface area contributed by atoms with Crippen molar-refractivity contribution in [1.29, 1.82) is 0 Å². The van der Waals surface area contributed by atoms with E-state index in [4.69, 9.17) is 5.11 Å². The first-order valence-electron chi connectivity index (χ1n) is 4.98. The maximum atomic E-state index is 11.7. The highest BCUT2D eigenvalue weighted by molar-refractivity contribution is 6.19. The van der Waals surface area contributed by atoms with E-state index >= 15 is 0 Å². The van der Waals surface area contributed by atoms with Crippen LogP contribution < -0.4 is 10.6 Å². The number of carboxylic acid groups (broad SMARTS) is 1. The van der Waals surface area contributed by atoms with Gasteiger partial charge in [0.15, 0.2) is 0 Å². The van der Waals surface area contributed by atoms with E-state index < -0.39 is 29.2 Å². The lowest BCUT2D eigenvalue weighted by atomic mass is 9.78. The van der Waals surface area contributed by atoms with Gasteiger partial charge < -0.3 is 5.11 Å². The van der Waals surface area contributed by atoms with E-state index in [-0.39, 0.29) is 12.8 Å². The molecule has 1 aliphatic heterocycles. The van der Waals surface area contributed by atoms with Crippen molar-refractivity contribution in [2.45, 2.75) is 19.8 Å². The molecule has 0 saturated carbocycles. The zero-order valence-electron chi connectivity index (χ0n) is 9.15. The number of carboxylic acids is 1. The number of hydrogen-bond donors (Lipinski definition) is 3. The molecule has 0 spiro atoms. The van der Waals surface area contributed by atoms with Crippen LogP contribution in [0.25, 0.3) is 0 Å². The molecule has 1 saturated heterocycles. The number of rotatable bonds is 4. The number of aliphatic carboxylic acids is 1. The second kappa shape index (κ2) is 4.77. The van der Waals surface area contributed by atoms with Crippen molar-refractivity contribution in [2.24, 2.45) is 5.41 Å². The van der Waals surface area contributed by atoms with Gasteiger partial charge >= 0.3 is 12.0 Å². The summed E-state index contributed by atoms with van der Waals surface area (Å²) in [5.74, 6) is -2.57. The van der Waals surface area contributed by atoms with Crippen molar-refractivity contribution in [2.75, 3.05) is 0 Å². The average Bonchev–Trinajstić information content (AvgIpc) is 2.22. The summed E-state index contributed by atoms with van der Waals surface area (Å²) in [6.07, 6.45) is 2.18. The first-order valence-corrected chi connectivity index (χ1v) is 4.98. The third kappa shape index (κ3) is 2.49. The predicted octanol–water partition coefficient (Wildman–Crippen LogP) is -0.220. The fraction of sp³-hybridized carbons (Fsp3) is 0.400. The molecule has 17 heavy (non-hydrogen) atoms. The molecule has 1 fully saturated rings. The summed E-state index contributed by atoms with van der Waals surface area (Å²) in [4.78, 5) is 44.5. The van der Waals surface area contributed by atoms with Crippen LogP contribution in [0.3, 0.4) is 0 Å². The van der Waals surface area contributed by atoms with E-state index in [1.165, 1.54) is 6.08 Å². The summed E-state index contributed by atoms with van der Waals surface area (Å²) in [5.41, 5.74) is -1.42. The van der Waals surface area contributed by atoms with Gasteiger partial charge in [-0.25, -0.2) is 9.59 Å². The van der Waals surface area contributed by atoms with Gasteiger partial charge in [-0.05, 0) is 12.8 Å². The average molecular weight is 240 g/mol. The van der Waals surface area contributed by atoms with Gasteiger partial charge in [-0.1, -0.05) is 13.0 Å². The van der Waals surface area contributed by atoms with Gasteiger partial charge in [0.1, 0.15) is 5.41 Å². The van der Waals surface area contributed by atoms with Crippen LogP contribution in [0.2, 0.25) is 0 Å². The molecular weight excluding hydrogens is 228 g/mol. The number of carbonyl (C=O) groups is 4. The van der Waals surface area contributed by atoms with Gasteiger partial charge in [0.25, 0.3) is 0 Å². The number of carbonyl (C=O) groups excluding carboxylic acids is 3. The van der Waals surface area contributed by atoms with E-state index in [1.807, 2.05) is 10.6 Å². The van der Waals surface area contributed by atoms with E-state index in [1.54, 1.807) is 6.92 Å². The Labute approximate surface area is 96.9 Å². The van der Waals surface area contributed by atoms with E-state index in [2.05, 4.69) is 0 Å². The molecule has 7 nitrogen and oxygen atoms in total. The van der Waals surface area contributed by atoms with Crippen molar-refractivity contribution >= 4 is 23.8 Å². The fourth-order valence-corrected chi connectivity index (χ4v) is 1.59. The quantitative estimate of drug-likeness (QED) is 0.464. The van der Waals surface area contributed by atoms with Gasteiger partial charge in [-0.2, -0.15) is 0 Å². The Bertz CT molecular complexity index is 393. The minimum absolute atomic E-state index is 0.0687. The van der Waals surface area contributed by atoms with Crippen molar-refractivity contribution in [3.8, 4) is 0 Å². The molecule has 7 heteroatoms. The third-order valence-corrected chi connectivity index (χ3v) is 2.65. The van der Waals surface area contributed by atoms with Gasteiger partial charge in [0.2, 0.25) is 11.8 Å². The molecule has 0 atom stereocenters. The third-order valence-electron chi connectivity index (χ3n) is 2.65. The number of barbiturate groups is 1. The molecule has 3 N–H and O–H groups in total. The molecule has 0 bridgehead atoms. The Balaban J connectivity index is 2.93. The second-order valence-electron chi connectivity index (χ2n) is 3.62. The first-order chi connectivity index (χ1) is 7.92. The van der Waals surface area contributed by atoms with Gasteiger partial charge in [-0.3, -0.25) is 20.2 Å². The molecule has 0 unspecified atom stereocenters. The molecule has 92 valence electrons. The topological polar surface area (TPSA) is 113 Å². The zero-order valence-corrected chi connectivity index (χ0v) is 9.15. The van der Waals surface area contributed by atoms with Crippen molar-refractivity contribution < 1.29 is 24.3 Å². The second-order valence-corrected chi connectivity index (χ2v) is 3.62. The number of imide groups is 2. The van der Waals surface area contributed by atoms with Crippen LogP contribution in [-0.2, 0) is 14.4 Å². The minimum Gasteiger partial charge on any atom is -0.478 e. The predicted molar refractivity (Wildman–Crippen MR) is 55.8 cm³/mol. The van der Waals surface area contributed by atoms with E-state index in [9.17, 15) is 19.2 Å². The minimum atomic E-state index is -1.42. The van der Waals surface area contributed by atoms with E-state index in [0.29, 0.717) is 0 Å². The Morgan fingerprint density at radius 2 is 1.82 bits per heavy atom. The summed E-state index contributed by atoms with van der Waals surface area (Å²) in [7, 11) is 0. The molecule has 4 amide bonds. The maximum Gasteiger partial charge on any atom is 0.328 e. The van der Waals surface area contributed by atoms with Crippen LogP contribution in [0.4, 0.5) is 4.79 Å². The maximum absolute atomic E-state index is 11.7. The van der Waals surface area contributed by atoms with Crippen LogP contribution in [0.5, 0.6) is 0 Å². The standard InChI is InChI=1S/C10H12N2O5/c1-2-10(5-3-4-6(13)14)7(15)11-9(17)12-8(10)16/h3-4H,2,5H2,1H3,(H,13,14)(H2,11,12,15,16,17). The molecule has 0 aromatic carbocycles. The molecule has 1 rings (SSSR count). The zero-order chi connectivity index (χ0) is 13.1. The highest BCUT2D eigenvalue weighted by Crippen LogP contribution is 2.29. The Hall–Kier alpha value is -2.18. The van der Waals surface area contributed by atoms with Gasteiger partial charge in [-0.15, -0.1) is 0 Å². The normalized spacial score (nSPS) is 19.0. The number of nitrogens with one attached hydrogen (secondary N) is 2. The monoisotopic (exact) mass is 240 g/mol. The molecule has 1 heterocycles. The fourth-order valence-electron chi connectivity index (χ4n) is 1.59. The van der Waals surface area contributed by atoms with Crippen LogP contribution in [0, 0.1) is 5.41 Å². The van der Waals surface area contributed by atoms with Gasteiger partial charge in [0, 0.05) is 6.08 Å². The first kappa shape index (κ1) is 12.9. The number of hydrogen-bond acceptors (Lipinski definition) is 4. The summed E-state index contributed by atoms with van der Waals surface area (Å²) in [6, 6.07) is -0.855. The summed E-state index contributed by atoms with van der Waals surface area (Å²) >= 11 is 0. The highest BCUT2D eigenvalue weighted by Gasteiger charge is 2.47. The van der Waals surface area contributed by atoms with Crippen molar-refractivity contribution in [3.63, 3.8) is 0 Å². The highest BCUT2D eigenvalue weighted by atomic mass is 16.4. The lowest BCUT2D eigenvalue weighted by Gasteiger charge is -2.31. The summed E-state index contributed by atoms with van der Waals surface area (Å²) in [5, 5.41) is 12.4.